The summed E-state index contributed by atoms with van der Waals surface area (Å²) < 4.78 is 5.70. The summed E-state index contributed by atoms with van der Waals surface area (Å²) in [6.45, 7) is 0. The summed E-state index contributed by atoms with van der Waals surface area (Å²) in [7, 11) is 0. The lowest BCUT2D eigenvalue weighted by Gasteiger charge is -2.06. The first-order chi connectivity index (χ1) is 10.8. The number of nitrogens with zero attached hydrogens (tertiary/aromatic N) is 3. The maximum Gasteiger partial charge on any atom is 0.145 e. The fourth-order valence-corrected chi connectivity index (χ4v) is 2.07. The fraction of sp³-hybridized carbons (Fsp3) is 0.0556. The van der Waals surface area contributed by atoms with Crippen LogP contribution in [0.1, 0.15) is 16.8 Å². The van der Waals surface area contributed by atoms with E-state index in [4.69, 9.17) is 10.00 Å². The van der Waals surface area contributed by atoms with Crippen molar-refractivity contribution in [3.05, 3.63) is 83.9 Å². The minimum absolute atomic E-state index is 0.626. The maximum atomic E-state index is 8.91. The monoisotopic (exact) mass is 287 g/mol. The standard InChI is InChI=1S/C18H13N3O/c19-12-15-7-9-21-16(11-15)10-14-3-5-17(6-4-14)22-18-2-1-8-20-13-18/h1-9,11,13H,10H2. The van der Waals surface area contributed by atoms with Crippen molar-refractivity contribution in [2.75, 3.05) is 0 Å². The van der Waals surface area contributed by atoms with E-state index in [0.717, 1.165) is 17.0 Å². The third kappa shape index (κ3) is 3.47. The molecule has 0 spiro atoms. The van der Waals surface area contributed by atoms with Crippen molar-refractivity contribution in [1.82, 2.24) is 9.97 Å². The van der Waals surface area contributed by atoms with E-state index in [1.54, 1.807) is 30.7 Å². The molecule has 4 heteroatoms. The van der Waals surface area contributed by atoms with E-state index in [-0.39, 0.29) is 0 Å². The van der Waals surface area contributed by atoms with Crippen LogP contribution in [0.5, 0.6) is 11.5 Å². The molecular weight excluding hydrogens is 274 g/mol. The summed E-state index contributed by atoms with van der Waals surface area (Å²) in [6.07, 6.45) is 5.72. The Balaban J connectivity index is 1.70. The second-order valence-electron chi connectivity index (χ2n) is 4.76. The normalized spacial score (nSPS) is 9.95. The molecule has 4 nitrogen and oxygen atoms in total. The molecule has 0 N–H and O–H groups in total. The molecule has 0 aliphatic rings. The van der Waals surface area contributed by atoms with E-state index in [9.17, 15) is 0 Å². The number of hydrogen-bond donors (Lipinski definition) is 0. The van der Waals surface area contributed by atoms with Crippen molar-refractivity contribution in [3.8, 4) is 17.6 Å². The molecule has 0 fully saturated rings. The van der Waals surface area contributed by atoms with Gasteiger partial charge in [0.05, 0.1) is 17.8 Å². The van der Waals surface area contributed by atoms with Crippen LogP contribution in [0, 0.1) is 11.3 Å². The number of hydrogen-bond acceptors (Lipinski definition) is 4. The summed E-state index contributed by atoms with van der Waals surface area (Å²) in [5.74, 6) is 1.47. The highest BCUT2D eigenvalue weighted by molar-refractivity contribution is 5.35. The molecule has 0 bridgehead atoms. The van der Waals surface area contributed by atoms with Crippen LogP contribution in [0.25, 0.3) is 0 Å². The van der Waals surface area contributed by atoms with Gasteiger partial charge in [0, 0.05) is 24.5 Å². The van der Waals surface area contributed by atoms with E-state index in [1.807, 2.05) is 36.4 Å². The zero-order valence-corrected chi connectivity index (χ0v) is 11.8. The summed E-state index contributed by atoms with van der Waals surface area (Å²) in [5, 5.41) is 8.91. The van der Waals surface area contributed by atoms with Crippen molar-refractivity contribution in [2.24, 2.45) is 0 Å². The Hall–Kier alpha value is -3.19. The first-order valence-electron chi connectivity index (χ1n) is 6.85. The lowest BCUT2D eigenvalue weighted by atomic mass is 10.1. The average molecular weight is 287 g/mol. The zero-order chi connectivity index (χ0) is 15.2. The van der Waals surface area contributed by atoms with Crippen LogP contribution in [-0.2, 0) is 6.42 Å². The Bertz CT molecular complexity index is 793. The topological polar surface area (TPSA) is 58.8 Å². The van der Waals surface area contributed by atoms with Crippen molar-refractivity contribution < 1.29 is 4.74 Å². The predicted octanol–water partition coefficient (Wildman–Crippen LogP) is 3.73. The molecule has 0 saturated heterocycles. The summed E-state index contributed by atoms with van der Waals surface area (Å²) in [6, 6.07) is 17.1. The number of benzene rings is 1. The van der Waals surface area contributed by atoms with Gasteiger partial charge < -0.3 is 4.74 Å². The summed E-state index contributed by atoms with van der Waals surface area (Å²) >= 11 is 0. The molecule has 0 aliphatic carbocycles. The molecule has 0 aliphatic heterocycles. The van der Waals surface area contributed by atoms with Crippen molar-refractivity contribution in [3.63, 3.8) is 0 Å². The largest absolute Gasteiger partial charge is 0.456 e. The van der Waals surface area contributed by atoms with Gasteiger partial charge in [-0.2, -0.15) is 5.26 Å². The van der Waals surface area contributed by atoms with E-state index in [1.165, 1.54) is 0 Å². The van der Waals surface area contributed by atoms with Gasteiger partial charge in [-0.25, -0.2) is 0 Å². The van der Waals surface area contributed by atoms with Gasteiger partial charge in [-0.15, -0.1) is 0 Å². The predicted molar refractivity (Wildman–Crippen MR) is 82.5 cm³/mol. The highest BCUT2D eigenvalue weighted by atomic mass is 16.5. The average Bonchev–Trinajstić information content (AvgIpc) is 2.58. The van der Waals surface area contributed by atoms with Crippen LogP contribution < -0.4 is 4.74 Å². The smallest absolute Gasteiger partial charge is 0.145 e. The Kier molecular flexibility index (Phi) is 4.08. The minimum Gasteiger partial charge on any atom is -0.456 e. The quantitative estimate of drug-likeness (QED) is 0.733. The molecule has 22 heavy (non-hydrogen) atoms. The van der Waals surface area contributed by atoms with E-state index in [0.29, 0.717) is 17.7 Å². The van der Waals surface area contributed by atoms with Crippen LogP contribution in [0.4, 0.5) is 0 Å². The molecular formula is C18H13N3O. The van der Waals surface area contributed by atoms with Crippen molar-refractivity contribution >= 4 is 0 Å². The zero-order valence-electron chi connectivity index (χ0n) is 11.8. The molecule has 106 valence electrons. The summed E-state index contributed by atoms with van der Waals surface area (Å²) in [5.41, 5.74) is 2.61. The Morgan fingerprint density at radius 3 is 2.59 bits per heavy atom. The number of aromatic nitrogens is 2. The molecule has 0 amide bonds. The van der Waals surface area contributed by atoms with Gasteiger partial charge in [-0.1, -0.05) is 12.1 Å². The molecule has 0 unspecified atom stereocenters. The molecule has 3 rings (SSSR count). The second kappa shape index (κ2) is 6.51. The molecule has 1 aromatic carbocycles. The Labute approximate surface area is 128 Å². The Morgan fingerprint density at radius 2 is 1.86 bits per heavy atom. The van der Waals surface area contributed by atoms with Gasteiger partial charge in [0.1, 0.15) is 11.5 Å². The highest BCUT2D eigenvalue weighted by Crippen LogP contribution is 2.21. The molecule has 0 atom stereocenters. The summed E-state index contributed by atoms with van der Waals surface area (Å²) in [4.78, 5) is 8.29. The van der Waals surface area contributed by atoms with Crippen LogP contribution >= 0.6 is 0 Å². The molecule has 0 radical (unpaired) electrons. The number of ether oxygens (including phenoxy) is 1. The first-order valence-corrected chi connectivity index (χ1v) is 6.85. The van der Waals surface area contributed by atoms with Crippen LogP contribution in [0.3, 0.4) is 0 Å². The fourth-order valence-electron chi connectivity index (χ4n) is 2.07. The Morgan fingerprint density at radius 1 is 1.00 bits per heavy atom. The first kappa shape index (κ1) is 13.8. The van der Waals surface area contributed by atoms with E-state index >= 15 is 0 Å². The molecule has 0 saturated carbocycles. The van der Waals surface area contributed by atoms with E-state index < -0.39 is 0 Å². The minimum atomic E-state index is 0.626. The molecule has 2 heterocycles. The number of rotatable bonds is 4. The third-order valence-electron chi connectivity index (χ3n) is 3.12. The second-order valence-corrected chi connectivity index (χ2v) is 4.76. The molecule has 2 aromatic heterocycles. The van der Waals surface area contributed by atoms with Crippen molar-refractivity contribution in [1.29, 1.82) is 5.26 Å². The van der Waals surface area contributed by atoms with Gasteiger partial charge in [0.15, 0.2) is 0 Å². The maximum absolute atomic E-state index is 8.91. The number of pyridine rings is 2. The third-order valence-corrected chi connectivity index (χ3v) is 3.12. The highest BCUT2D eigenvalue weighted by Gasteiger charge is 2.01. The SMILES string of the molecule is N#Cc1ccnc(Cc2ccc(Oc3cccnc3)cc2)c1. The lowest BCUT2D eigenvalue weighted by Crippen LogP contribution is -1.93. The number of nitriles is 1. The van der Waals surface area contributed by atoms with E-state index in [2.05, 4.69) is 16.0 Å². The van der Waals surface area contributed by atoms with Gasteiger partial charge in [-0.3, -0.25) is 9.97 Å². The molecule has 3 aromatic rings. The van der Waals surface area contributed by atoms with Crippen LogP contribution in [-0.4, -0.2) is 9.97 Å². The van der Waals surface area contributed by atoms with Gasteiger partial charge in [0.25, 0.3) is 0 Å². The van der Waals surface area contributed by atoms with Gasteiger partial charge in [-0.05, 0) is 42.0 Å². The van der Waals surface area contributed by atoms with Crippen molar-refractivity contribution in [2.45, 2.75) is 6.42 Å². The van der Waals surface area contributed by atoms with Gasteiger partial charge in [0.2, 0.25) is 0 Å². The lowest BCUT2D eigenvalue weighted by molar-refractivity contribution is 0.480. The van der Waals surface area contributed by atoms with Gasteiger partial charge >= 0.3 is 0 Å². The van der Waals surface area contributed by atoms with Crippen LogP contribution in [0.2, 0.25) is 0 Å². The van der Waals surface area contributed by atoms with Crippen LogP contribution in [0.15, 0.2) is 67.1 Å².